The number of fused-ring (bicyclic) bond motifs is 1. The molecule has 0 radical (unpaired) electrons. The Labute approximate surface area is 86.5 Å². The lowest BCUT2D eigenvalue weighted by Gasteiger charge is -2.30. The molecule has 0 aliphatic carbocycles. The van der Waals surface area contributed by atoms with Crippen LogP contribution in [-0.4, -0.2) is 6.54 Å². The Kier molecular flexibility index (Phi) is 2.60. The van der Waals surface area contributed by atoms with Gasteiger partial charge in [0.25, 0.3) is 0 Å². The van der Waals surface area contributed by atoms with Gasteiger partial charge in [0.15, 0.2) is 0 Å². The molecule has 1 aromatic carbocycles. The lowest BCUT2D eigenvalue weighted by molar-refractivity contribution is 0.395. The maximum atomic E-state index is 3.59. The average Bonchev–Trinajstić information content (AvgIpc) is 2.16. The third-order valence-electron chi connectivity index (χ3n) is 3.06. The number of benzene rings is 1. The van der Waals surface area contributed by atoms with Crippen LogP contribution in [0.15, 0.2) is 18.2 Å². The van der Waals surface area contributed by atoms with Gasteiger partial charge in [-0.2, -0.15) is 0 Å². The lowest BCUT2D eigenvalue weighted by Crippen LogP contribution is -2.32. The highest BCUT2D eigenvalue weighted by Crippen LogP contribution is 2.28. The number of aryl methyl sites for hydroxylation is 1. The molecule has 1 heteroatoms. The molecular formula is C13H19N. The highest BCUT2D eigenvalue weighted by Gasteiger charge is 2.21. The van der Waals surface area contributed by atoms with Crippen molar-refractivity contribution >= 4 is 0 Å². The van der Waals surface area contributed by atoms with Crippen molar-refractivity contribution in [2.75, 3.05) is 6.54 Å². The third-order valence-corrected chi connectivity index (χ3v) is 3.06. The standard InChI is InChI=1S/C13H19N/c1-9(2)13-12-5-4-10(3)8-11(12)6-7-14-13/h4-5,8-9,13-14H,6-7H2,1-3H3. The molecule has 1 unspecified atom stereocenters. The molecule has 14 heavy (non-hydrogen) atoms. The van der Waals surface area contributed by atoms with Gasteiger partial charge < -0.3 is 5.32 Å². The molecule has 2 rings (SSSR count). The summed E-state index contributed by atoms with van der Waals surface area (Å²) in [7, 11) is 0. The van der Waals surface area contributed by atoms with Crippen molar-refractivity contribution in [3.8, 4) is 0 Å². The minimum Gasteiger partial charge on any atom is -0.309 e. The van der Waals surface area contributed by atoms with E-state index in [0.717, 1.165) is 6.54 Å². The topological polar surface area (TPSA) is 12.0 Å². The van der Waals surface area contributed by atoms with Gasteiger partial charge in [0, 0.05) is 6.04 Å². The number of hydrogen-bond donors (Lipinski definition) is 1. The molecule has 0 saturated heterocycles. The zero-order chi connectivity index (χ0) is 10.1. The normalized spacial score (nSPS) is 21.0. The molecule has 1 aliphatic heterocycles. The van der Waals surface area contributed by atoms with Gasteiger partial charge in [0.1, 0.15) is 0 Å². The van der Waals surface area contributed by atoms with Crippen LogP contribution >= 0.6 is 0 Å². The van der Waals surface area contributed by atoms with Gasteiger partial charge >= 0.3 is 0 Å². The number of nitrogens with one attached hydrogen (secondary N) is 1. The summed E-state index contributed by atoms with van der Waals surface area (Å²) in [5.74, 6) is 0.678. The van der Waals surface area contributed by atoms with Crippen molar-refractivity contribution in [1.29, 1.82) is 0 Å². The summed E-state index contributed by atoms with van der Waals surface area (Å²) in [4.78, 5) is 0. The summed E-state index contributed by atoms with van der Waals surface area (Å²) in [6.07, 6.45) is 1.18. The maximum Gasteiger partial charge on any atom is 0.0346 e. The van der Waals surface area contributed by atoms with Crippen LogP contribution < -0.4 is 5.32 Å². The van der Waals surface area contributed by atoms with E-state index in [1.165, 1.54) is 17.5 Å². The molecule has 76 valence electrons. The first-order valence-corrected chi connectivity index (χ1v) is 5.51. The van der Waals surface area contributed by atoms with E-state index in [1.807, 2.05) is 0 Å². The molecule has 1 aliphatic rings. The zero-order valence-corrected chi connectivity index (χ0v) is 9.30. The number of hydrogen-bond acceptors (Lipinski definition) is 1. The summed E-state index contributed by atoms with van der Waals surface area (Å²) in [6.45, 7) is 7.87. The van der Waals surface area contributed by atoms with Crippen molar-refractivity contribution in [2.24, 2.45) is 5.92 Å². The van der Waals surface area contributed by atoms with Crippen molar-refractivity contribution < 1.29 is 0 Å². The predicted molar refractivity (Wildman–Crippen MR) is 60.5 cm³/mol. The van der Waals surface area contributed by atoms with E-state index in [2.05, 4.69) is 44.3 Å². The summed E-state index contributed by atoms with van der Waals surface area (Å²) < 4.78 is 0. The Morgan fingerprint density at radius 1 is 1.36 bits per heavy atom. The van der Waals surface area contributed by atoms with E-state index in [-0.39, 0.29) is 0 Å². The Balaban J connectivity index is 2.40. The molecule has 1 heterocycles. The van der Waals surface area contributed by atoms with Crippen molar-refractivity contribution in [3.05, 3.63) is 34.9 Å². The van der Waals surface area contributed by atoms with Gasteiger partial charge in [0.05, 0.1) is 0 Å². The molecule has 0 aromatic heterocycles. The summed E-state index contributed by atoms with van der Waals surface area (Å²) in [6, 6.07) is 7.41. The Hall–Kier alpha value is -0.820. The fourth-order valence-corrected chi connectivity index (χ4v) is 2.32. The predicted octanol–water partition coefficient (Wildman–Crippen LogP) is 2.84. The monoisotopic (exact) mass is 189 g/mol. The highest BCUT2D eigenvalue weighted by atomic mass is 14.9. The van der Waals surface area contributed by atoms with Crippen LogP contribution in [0.2, 0.25) is 0 Å². The minimum absolute atomic E-state index is 0.555. The molecule has 1 N–H and O–H groups in total. The first-order chi connectivity index (χ1) is 6.68. The van der Waals surface area contributed by atoms with E-state index < -0.39 is 0 Å². The van der Waals surface area contributed by atoms with Crippen molar-refractivity contribution in [2.45, 2.75) is 33.2 Å². The summed E-state index contributed by atoms with van der Waals surface area (Å²) >= 11 is 0. The van der Waals surface area contributed by atoms with E-state index in [9.17, 15) is 0 Å². The van der Waals surface area contributed by atoms with Crippen LogP contribution in [-0.2, 0) is 6.42 Å². The first kappa shape index (κ1) is 9.72. The molecule has 1 atom stereocenters. The van der Waals surface area contributed by atoms with Gasteiger partial charge in [0.2, 0.25) is 0 Å². The molecule has 0 spiro atoms. The fraction of sp³-hybridized carbons (Fsp3) is 0.538. The van der Waals surface area contributed by atoms with Gasteiger partial charge in [-0.1, -0.05) is 37.6 Å². The smallest absolute Gasteiger partial charge is 0.0346 e. The molecular weight excluding hydrogens is 170 g/mol. The quantitative estimate of drug-likeness (QED) is 0.716. The van der Waals surface area contributed by atoms with Gasteiger partial charge in [-0.05, 0) is 36.9 Å². The van der Waals surface area contributed by atoms with Gasteiger partial charge in [-0.25, -0.2) is 0 Å². The molecule has 0 bridgehead atoms. The Morgan fingerprint density at radius 3 is 2.86 bits per heavy atom. The van der Waals surface area contributed by atoms with Crippen molar-refractivity contribution in [1.82, 2.24) is 5.32 Å². The summed E-state index contributed by atoms with van der Waals surface area (Å²) in [5.41, 5.74) is 4.44. The van der Waals surface area contributed by atoms with Gasteiger partial charge in [-0.15, -0.1) is 0 Å². The molecule has 0 amide bonds. The molecule has 1 nitrogen and oxygen atoms in total. The van der Waals surface area contributed by atoms with Gasteiger partial charge in [-0.3, -0.25) is 0 Å². The zero-order valence-electron chi connectivity index (χ0n) is 9.30. The molecule has 0 fully saturated rings. The van der Waals surface area contributed by atoms with Crippen LogP contribution in [0.4, 0.5) is 0 Å². The lowest BCUT2D eigenvalue weighted by atomic mass is 9.87. The Bertz CT molecular complexity index is 328. The SMILES string of the molecule is Cc1ccc2c(c1)CCNC2C(C)C. The molecule has 0 saturated carbocycles. The van der Waals surface area contributed by atoms with E-state index in [1.54, 1.807) is 5.56 Å². The second-order valence-corrected chi connectivity index (χ2v) is 4.63. The van der Waals surface area contributed by atoms with Crippen LogP contribution in [0.25, 0.3) is 0 Å². The third kappa shape index (κ3) is 1.69. The van der Waals surface area contributed by atoms with Crippen LogP contribution in [0.5, 0.6) is 0 Å². The minimum atomic E-state index is 0.555. The van der Waals surface area contributed by atoms with Crippen molar-refractivity contribution in [3.63, 3.8) is 0 Å². The van der Waals surface area contributed by atoms with E-state index in [0.29, 0.717) is 12.0 Å². The van der Waals surface area contributed by atoms with E-state index >= 15 is 0 Å². The second kappa shape index (κ2) is 3.74. The largest absolute Gasteiger partial charge is 0.309 e. The molecule has 1 aromatic rings. The van der Waals surface area contributed by atoms with Crippen LogP contribution in [0.1, 0.15) is 36.6 Å². The maximum absolute atomic E-state index is 3.59. The number of rotatable bonds is 1. The first-order valence-electron chi connectivity index (χ1n) is 5.51. The van der Waals surface area contributed by atoms with Crippen LogP contribution in [0.3, 0.4) is 0 Å². The van der Waals surface area contributed by atoms with Crippen LogP contribution in [0, 0.1) is 12.8 Å². The second-order valence-electron chi connectivity index (χ2n) is 4.63. The summed E-state index contributed by atoms with van der Waals surface area (Å²) in [5, 5.41) is 3.59. The highest BCUT2D eigenvalue weighted by molar-refractivity contribution is 5.36. The fourth-order valence-electron chi connectivity index (χ4n) is 2.32. The Morgan fingerprint density at radius 2 is 2.14 bits per heavy atom. The average molecular weight is 189 g/mol. The van der Waals surface area contributed by atoms with E-state index in [4.69, 9.17) is 0 Å².